The molecular weight excluding hydrogens is 478 g/mol. The van der Waals surface area contributed by atoms with Crippen molar-refractivity contribution in [3.63, 3.8) is 0 Å². The molecule has 1 fully saturated rings. The van der Waals surface area contributed by atoms with E-state index in [9.17, 15) is 27.9 Å². The second kappa shape index (κ2) is 9.99. The number of halogens is 1. The van der Waals surface area contributed by atoms with Gasteiger partial charge in [-0.2, -0.15) is 4.72 Å². The van der Waals surface area contributed by atoms with Gasteiger partial charge >= 0.3 is 5.97 Å². The quantitative estimate of drug-likeness (QED) is 0.484. The first kappa shape index (κ1) is 24.2. The van der Waals surface area contributed by atoms with Crippen LogP contribution in [0.3, 0.4) is 0 Å². The minimum atomic E-state index is -4.26. The zero-order valence-corrected chi connectivity index (χ0v) is 19.5. The van der Waals surface area contributed by atoms with Gasteiger partial charge in [-0.1, -0.05) is 24.6 Å². The van der Waals surface area contributed by atoms with E-state index >= 15 is 0 Å². The number of amides is 2. The second-order valence-corrected chi connectivity index (χ2v) is 10.5. The number of aliphatic carboxylic acids is 1. The van der Waals surface area contributed by atoms with Crippen LogP contribution < -0.4 is 14.9 Å². The number of sulfonamides is 1. The topological polar surface area (TPSA) is 133 Å². The number of nitrogens with zero attached hydrogens (tertiary/aromatic N) is 1. The molecule has 0 radical (unpaired) electrons. The van der Waals surface area contributed by atoms with Crippen LogP contribution in [0, 0.1) is 0 Å². The number of anilines is 1. The van der Waals surface area contributed by atoms with Crippen LogP contribution in [-0.4, -0.2) is 50.4 Å². The van der Waals surface area contributed by atoms with Crippen molar-refractivity contribution in [1.82, 2.24) is 10.0 Å². The fourth-order valence-electron chi connectivity index (χ4n) is 3.47. The van der Waals surface area contributed by atoms with Gasteiger partial charge in [-0.15, -0.1) is 11.3 Å². The molecule has 9 nitrogen and oxygen atoms in total. The van der Waals surface area contributed by atoms with Gasteiger partial charge in [0.25, 0.3) is 5.91 Å². The Balaban J connectivity index is 1.82. The fraction of sp³-hybridized carbons (Fsp3) is 0.350. The number of thiophene rings is 1. The van der Waals surface area contributed by atoms with E-state index in [4.69, 9.17) is 11.6 Å². The number of nitrogens with one attached hydrogen (secondary N) is 2. The van der Waals surface area contributed by atoms with Crippen molar-refractivity contribution < 1.29 is 27.9 Å². The molecule has 1 aliphatic rings. The average molecular weight is 500 g/mol. The summed E-state index contributed by atoms with van der Waals surface area (Å²) in [7, 11) is -4.26. The van der Waals surface area contributed by atoms with Crippen LogP contribution >= 0.6 is 22.9 Å². The van der Waals surface area contributed by atoms with Gasteiger partial charge in [-0.05, 0) is 42.7 Å². The molecule has 0 saturated carbocycles. The summed E-state index contributed by atoms with van der Waals surface area (Å²) in [5.74, 6) is -2.08. The van der Waals surface area contributed by atoms with E-state index < -0.39 is 34.5 Å². The predicted molar refractivity (Wildman–Crippen MR) is 121 cm³/mol. The number of carboxylic acid groups (broad SMARTS) is 1. The zero-order valence-electron chi connectivity index (χ0n) is 17.1. The first-order chi connectivity index (χ1) is 15.1. The smallest absolute Gasteiger partial charge is 0.323 e. The monoisotopic (exact) mass is 499 g/mol. The third kappa shape index (κ3) is 5.29. The van der Waals surface area contributed by atoms with Crippen molar-refractivity contribution in [3.05, 3.63) is 45.1 Å². The van der Waals surface area contributed by atoms with Crippen molar-refractivity contribution in [3.8, 4) is 0 Å². The summed E-state index contributed by atoms with van der Waals surface area (Å²) in [5.41, 5.74) is 0.935. The molecule has 1 aliphatic heterocycles. The van der Waals surface area contributed by atoms with E-state index in [-0.39, 0.29) is 15.7 Å². The molecular formula is C20H22ClN3O6S2. The normalized spacial score (nSPS) is 15.1. The molecule has 12 heteroatoms. The van der Waals surface area contributed by atoms with Crippen LogP contribution in [0.25, 0.3) is 0 Å². The molecule has 3 rings (SSSR count). The molecule has 1 aromatic heterocycles. The molecule has 1 atom stereocenters. The highest BCUT2D eigenvalue weighted by Crippen LogP contribution is 2.30. The van der Waals surface area contributed by atoms with Gasteiger partial charge < -0.3 is 15.3 Å². The van der Waals surface area contributed by atoms with Gasteiger partial charge in [0.2, 0.25) is 15.9 Å². The number of hydrogen-bond acceptors (Lipinski definition) is 6. The molecule has 32 heavy (non-hydrogen) atoms. The third-order valence-corrected chi connectivity index (χ3v) is 7.76. The van der Waals surface area contributed by atoms with Crippen LogP contribution in [0.2, 0.25) is 4.34 Å². The SMILES string of the molecule is CCc1c(N2CCCC2=O)cccc1S(=O)(=O)NC(CNC(=O)c1ccc(Cl)s1)C(=O)O. The lowest BCUT2D eigenvalue weighted by atomic mass is 10.1. The molecule has 0 bridgehead atoms. The first-order valence-corrected chi connectivity index (χ1v) is 12.5. The van der Waals surface area contributed by atoms with Crippen LogP contribution in [0.1, 0.15) is 35.0 Å². The maximum Gasteiger partial charge on any atom is 0.323 e. The number of benzene rings is 1. The van der Waals surface area contributed by atoms with Crippen LogP contribution in [0.15, 0.2) is 35.2 Å². The van der Waals surface area contributed by atoms with Gasteiger partial charge in [-0.25, -0.2) is 8.42 Å². The van der Waals surface area contributed by atoms with E-state index in [1.54, 1.807) is 17.9 Å². The van der Waals surface area contributed by atoms with Crippen LogP contribution in [0.4, 0.5) is 5.69 Å². The minimum Gasteiger partial charge on any atom is -0.480 e. The van der Waals surface area contributed by atoms with E-state index in [1.807, 2.05) is 0 Å². The lowest BCUT2D eigenvalue weighted by molar-refractivity contribution is -0.138. The molecule has 2 amide bonds. The summed E-state index contributed by atoms with van der Waals surface area (Å²) >= 11 is 6.82. The average Bonchev–Trinajstić information content (AvgIpc) is 3.38. The van der Waals surface area contributed by atoms with Crippen molar-refractivity contribution in [2.24, 2.45) is 0 Å². The number of carbonyl (C=O) groups excluding carboxylic acids is 2. The number of carbonyl (C=O) groups is 3. The molecule has 1 aromatic carbocycles. The Morgan fingerprint density at radius 2 is 2.03 bits per heavy atom. The summed E-state index contributed by atoms with van der Waals surface area (Å²) in [6, 6.07) is 6.00. The zero-order chi connectivity index (χ0) is 23.5. The molecule has 1 saturated heterocycles. The van der Waals surface area contributed by atoms with Crippen molar-refractivity contribution in [1.29, 1.82) is 0 Å². The molecule has 1 unspecified atom stereocenters. The maximum absolute atomic E-state index is 13.1. The molecule has 3 N–H and O–H groups in total. The van der Waals surface area contributed by atoms with Crippen LogP contribution in [0.5, 0.6) is 0 Å². The van der Waals surface area contributed by atoms with Gasteiger partial charge in [0.05, 0.1) is 14.1 Å². The van der Waals surface area contributed by atoms with Crippen LogP contribution in [-0.2, 0) is 26.0 Å². The summed E-state index contributed by atoms with van der Waals surface area (Å²) in [4.78, 5) is 37.8. The second-order valence-electron chi connectivity index (χ2n) is 7.08. The molecule has 172 valence electrons. The lowest BCUT2D eigenvalue weighted by Crippen LogP contribution is -2.48. The largest absolute Gasteiger partial charge is 0.480 e. The maximum atomic E-state index is 13.1. The Morgan fingerprint density at radius 1 is 1.28 bits per heavy atom. The highest BCUT2D eigenvalue weighted by Gasteiger charge is 2.30. The Labute approximate surface area is 194 Å². The van der Waals surface area contributed by atoms with Crippen molar-refractivity contribution in [2.75, 3.05) is 18.0 Å². The highest BCUT2D eigenvalue weighted by molar-refractivity contribution is 7.89. The number of hydrogen-bond donors (Lipinski definition) is 3. The van der Waals surface area contributed by atoms with Gasteiger partial charge in [-0.3, -0.25) is 14.4 Å². The first-order valence-electron chi connectivity index (χ1n) is 9.85. The predicted octanol–water partition coefficient (Wildman–Crippen LogP) is 2.25. The Kier molecular flexibility index (Phi) is 7.55. The summed E-state index contributed by atoms with van der Waals surface area (Å²) in [5, 5.41) is 11.9. The van der Waals surface area contributed by atoms with E-state index in [1.165, 1.54) is 24.3 Å². The fourth-order valence-corrected chi connectivity index (χ4v) is 5.94. The Bertz CT molecular complexity index is 1150. The number of carboxylic acids is 1. The Hall–Kier alpha value is -2.47. The number of rotatable bonds is 9. The molecule has 2 aromatic rings. The van der Waals surface area contributed by atoms with Gasteiger partial charge in [0.1, 0.15) is 6.04 Å². The summed E-state index contributed by atoms with van der Waals surface area (Å²) in [6.07, 6.45) is 1.41. The molecule has 0 aliphatic carbocycles. The van der Waals surface area contributed by atoms with Crippen molar-refractivity contribution >= 4 is 56.4 Å². The summed E-state index contributed by atoms with van der Waals surface area (Å²) in [6.45, 7) is 1.80. The standard InChI is InChI=1S/C20H22ClN3O6S2/c1-2-12-14(24-10-4-7-18(24)25)5-3-6-16(12)32(29,30)23-13(20(27)28)11-22-19(26)15-8-9-17(21)31-15/h3,5-6,8-9,13,23H,2,4,7,10-11H2,1H3,(H,22,26)(H,27,28). The van der Waals surface area contributed by atoms with Gasteiger partial charge in [0, 0.05) is 25.2 Å². The van der Waals surface area contributed by atoms with E-state index in [0.29, 0.717) is 41.4 Å². The Morgan fingerprint density at radius 3 is 2.59 bits per heavy atom. The van der Waals surface area contributed by atoms with Crippen molar-refractivity contribution in [2.45, 2.75) is 37.1 Å². The molecule has 2 heterocycles. The summed E-state index contributed by atoms with van der Waals surface area (Å²) < 4.78 is 28.7. The minimum absolute atomic E-state index is 0.0815. The third-order valence-electron chi connectivity index (χ3n) is 4.97. The van der Waals surface area contributed by atoms with E-state index in [0.717, 1.165) is 11.3 Å². The van der Waals surface area contributed by atoms with E-state index in [2.05, 4.69) is 10.0 Å². The lowest BCUT2D eigenvalue weighted by Gasteiger charge is -2.22. The molecule has 0 spiro atoms. The highest BCUT2D eigenvalue weighted by atomic mass is 35.5. The van der Waals surface area contributed by atoms with Gasteiger partial charge in [0.15, 0.2) is 0 Å².